The highest BCUT2D eigenvalue weighted by atomic mass is 15.1. The van der Waals surface area contributed by atoms with Crippen LogP contribution in [0.2, 0.25) is 0 Å². The Kier molecular flexibility index (Phi) is 1.50. The Labute approximate surface area is 71.0 Å². The fourth-order valence-electron chi connectivity index (χ4n) is 1.21. The summed E-state index contributed by atoms with van der Waals surface area (Å²) in [7, 11) is 4.06. The molecular weight excluding hydrogens is 150 g/mol. The maximum absolute atomic E-state index is 3.96. The summed E-state index contributed by atoms with van der Waals surface area (Å²) >= 11 is 0. The molecule has 62 valence electrons. The number of hydrogen-bond acceptors (Lipinski definition) is 2. The summed E-state index contributed by atoms with van der Waals surface area (Å²) < 4.78 is 0. The molecule has 0 aliphatic heterocycles. The van der Waals surface area contributed by atoms with E-state index in [4.69, 9.17) is 0 Å². The number of anilines is 1. The van der Waals surface area contributed by atoms with Gasteiger partial charge in [0, 0.05) is 25.2 Å². The minimum Gasteiger partial charge on any atom is -0.378 e. The van der Waals surface area contributed by atoms with Crippen LogP contribution < -0.4 is 4.90 Å². The highest BCUT2D eigenvalue weighted by Gasteiger charge is 1.98. The standard InChI is InChI=1S/C9H11N3/c1-12(2)8-3-4-9-7(5-8)6-10-11-9/h3-6H,1-2H3,(H,10,11). The van der Waals surface area contributed by atoms with Crippen LogP contribution in [0.4, 0.5) is 5.69 Å². The Morgan fingerprint density at radius 3 is 2.92 bits per heavy atom. The molecule has 0 radical (unpaired) electrons. The van der Waals surface area contributed by atoms with Crippen molar-refractivity contribution < 1.29 is 0 Å². The lowest BCUT2D eigenvalue weighted by Gasteiger charge is -2.11. The number of hydrogen-bond donors (Lipinski definition) is 1. The summed E-state index contributed by atoms with van der Waals surface area (Å²) in [5.41, 5.74) is 2.28. The van der Waals surface area contributed by atoms with Crippen LogP contribution in [0.15, 0.2) is 24.4 Å². The Bertz CT molecular complexity index is 389. The molecule has 0 saturated heterocycles. The van der Waals surface area contributed by atoms with Gasteiger partial charge >= 0.3 is 0 Å². The van der Waals surface area contributed by atoms with Gasteiger partial charge < -0.3 is 4.90 Å². The first kappa shape index (κ1) is 7.16. The number of aromatic amines is 1. The normalized spacial score (nSPS) is 10.5. The highest BCUT2D eigenvalue weighted by Crippen LogP contribution is 2.18. The molecule has 0 aliphatic carbocycles. The molecule has 0 atom stereocenters. The minimum atomic E-state index is 1.08. The van der Waals surface area contributed by atoms with Gasteiger partial charge in [-0.2, -0.15) is 5.10 Å². The van der Waals surface area contributed by atoms with Crippen LogP contribution in [-0.2, 0) is 0 Å². The van der Waals surface area contributed by atoms with Gasteiger partial charge in [-0.15, -0.1) is 0 Å². The molecule has 1 N–H and O–H groups in total. The third-order valence-electron chi connectivity index (χ3n) is 1.94. The maximum atomic E-state index is 3.96. The molecule has 0 spiro atoms. The quantitative estimate of drug-likeness (QED) is 0.689. The molecule has 0 amide bonds. The van der Waals surface area contributed by atoms with Gasteiger partial charge in [-0.25, -0.2) is 0 Å². The third-order valence-corrected chi connectivity index (χ3v) is 1.94. The van der Waals surface area contributed by atoms with E-state index in [0.717, 1.165) is 10.9 Å². The smallest absolute Gasteiger partial charge is 0.0651 e. The number of fused-ring (bicyclic) bond motifs is 1. The number of benzene rings is 1. The van der Waals surface area contributed by atoms with Crippen molar-refractivity contribution in [3.8, 4) is 0 Å². The highest BCUT2D eigenvalue weighted by molar-refractivity contribution is 5.81. The van der Waals surface area contributed by atoms with E-state index in [0.29, 0.717) is 0 Å². The lowest BCUT2D eigenvalue weighted by atomic mass is 10.2. The SMILES string of the molecule is CN(C)c1ccc2[nH]ncc2c1. The van der Waals surface area contributed by atoms with Crippen LogP contribution in [0.25, 0.3) is 10.9 Å². The number of nitrogens with one attached hydrogen (secondary N) is 1. The monoisotopic (exact) mass is 161 g/mol. The average Bonchev–Trinajstić information content (AvgIpc) is 2.49. The average molecular weight is 161 g/mol. The molecule has 1 aromatic carbocycles. The second kappa shape index (κ2) is 2.52. The van der Waals surface area contributed by atoms with Crippen molar-refractivity contribution in [1.29, 1.82) is 0 Å². The van der Waals surface area contributed by atoms with E-state index < -0.39 is 0 Å². The van der Waals surface area contributed by atoms with Gasteiger partial charge in [0.1, 0.15) is 0 Å². The molecular formula is C9H11N3. The summed E-state index contributed by atoms with van der Waals surface area (Å²) in [6.45, 7) is 0. The van der Waals surface area contributed by atoms with E-state index in [-0.39, 0.29) is 0 Å². The van der Waals surface area contributed by atoms with Crippen LogP contribution in [0.5, 0.6) is 0 Å². The van der Waals surface area contributed by atoms with Gasteiger partial charge in [0.15, 0.2) is 0 Å². The van der Waals surface area contributed by atoms with Gasteiger partial charge in [-0.1, -0.05) is 0 Å². The Balaban J connectivity index is 2.60. The molecule has 0 saturated carbocycles. The predicted octanol–water partition coefficient (Wildman–Crippen LogP) is 1.63. The second-order valence-electron chi connectivity index (χ2n) is 3.04. The third kappa shape index (κ3) is 1.03. The summed E-state index contributed by atoms with van der Waals surface area (Å²) in [6.07, 6.45) is 1.84. The lowest BCUT2D eigenvalue weighted by molar-refractivity contribution is 1.12. The Morgan fingerprint density at radius 1 is 1.33 bits per heavy atom. The van der Waals surface area contributed by atoms with E-state index >= 15 is 0 Å². The summed E-state index contributed by atoms with van der Waals surface area (Å²) in [5.74, 6) is 0. The molecule has 2 aromatic rings. The zero-order chi connectivity index (χ0) is 8.55. The van der Waals surface area contributed by atoms with Crippen molar-refractivity contribution in [1.82, 2.24) is 10.2 Å². The number of nitrogens with zero attached hydrogens (tertiary/aromatic N) is 2. The summed E-state index contributed by atoms with van der Waals surface area (Å²) in [4.78, 5) is 2.08. The van der Waals surface area contributed by atoms with Crippen molar-refractivity contribution in [2.75, 3.05) is 19.0 Å². The van der Waals surface area contributed by atoms with Gasteiger partial charge in [0.2, 0.25) is 0 Å². The summed E-state index contributed by atoms with van der Waals surface area (Å²) in [5, 5.41) is 8.03. The minimum absolute atomic E-state index is 1.08. The Morgan fingerprint density at radius 2 is 2.17 bits per heavy atom. The predicted molar refractivity (Wildman–Crippen MR) is 50.4 cm³/mol. The Hall–Kier alpha value is -1.51. The molecule has 0 aliphatic rings. The molecule has 3 nitrogen and oxygen atoms in total. The van der Waals surface area contributed by atoms with Gasteiger partial charge in [0.25, 0.3) is 0 Å². The largest absolute Gasteiger partial charge is 0.378 e. The maximum Gasteiger partial charge on any atom is 0.0651 e. The van der Waals surface area contributed by atoms with Crippen molar-refractivity contribution in [3.63, 3.8) is 0 Å². The molecule has 0 bridgehead atoms. The van der Waals surface area contributed by atoms with Crippen LogP contribution in [0, 0.1) is 0 Å². The first-order valence-corrected chi connectivity index (χ1v) is 3.88. The zero-order valence-corrected chi connectivity index (χ0v) is 7.20. The first-order valence-electron chi connectivity index (χ1n) is 3.88. The zero-order valence-electron chi connectivity index (χ0n) is 7.20. The van der Waals surface area contributed by atoms with Crippen LogP contribution in [0.3, 0.4) is 0 Å². The van der Waals surface area contributed by atoms with E-state index in [1.54, 1.807) is 0 Å². The lowest BCUT2D eigenvalue weighted by Crippen LogP contribution is -2.07. The molecule has 0 fully saturated rings. The number of H-pyrrole nitrogens is 1. The van der Waals surface area contributed by atoms with E-state index in [1.165, 1.54) is 5.69 Å². The van der Waals surface area contributed by atoms with Crippen molar-refractivity contribution in [2.45, 2.75) is 0 Å². The number of aromatic nitrogens is 2. The summed E-state index contributed by atoms with van der Waals surface area (Å²) in [6, 6.07) is 6.22. The van der Waals surface area contributed by atoms with Crippen molar-refractivity contribution >= 4 is 16.6 Å². The van der Waals surface area contributed by atoms with E-state index in [1.807, 2.05) is 26.4 Å². The van der Waals surface area contributed by atoms with E-state index in [2.05, 4.69) is 27.2 Å². The first-order chi connectivity index (χ1) is 5.77. The van der Waals surface area contributed by atoms with E-state index in [9.17, 15) is 0 Å². The fraction of sp³-hybridized carbons (Fsp3) is 0.222. The molecule has 2 rings (SSSR count). The van der Waals surface area contributed by atoms with Crippen molar-refractivity contribution in [2.24, 2.45) is 0 Å². The van der Waals surface area contributed by atoms with Crippen LogP contribution in [0.1, 0.15) is 0 Å². The van der Waals surface area contributed by atoms with Gasteiger partial charge in [-0.05, 0) is 18.2 Å². The molecule has 1 aromatic heterocycles. The van der Waals surface area contributed by atoms with Crippen LogP contribution >= 0.6 is 0 Å². The molecule has 3 heteroatoms. The van der Waals surface area contributed by atoms with Gasteiger partial charge in [-0.3, -0.25) is 5.10 Å². The number of rotatable bonds is 1. The molecule has 1 heterocycles. The van der Waals surface area contributed by atoms with Gasteiger partial charge in [0.05, 0.1) is 11.7 Å². The van der Waals surface area contributed by atoms with Crippen LogP contribution in [-0.4, -0.2) is 24.3 Å². The fourth-order valence-corrected chi connectivity index (χ4v) is 1.21. The van der Waals surface area contributed by atoms with Crippen molar-refractivity contribution in [3.05, 3.63) is 24.4 Å². The molecule has 0 unspecified atom stereocenters. The molecule has 12 heavy (non-hydrogen) atoms. The topological polar surface area (TPSA) is 31.9 Å². The second-order valence-corrected chi connectivity index (χ2v) is 3.04.